The molecule has 0 unspecified atom stereocenters. The molecule has 53 heavy (non-hydrogen) atoms. The van der Waals surface area contributed by atoms with Gasteiger partial charge in [-0.25, -0.2) is 0 Å². The molecule has 0 saturated carbocycles. The van der Waals surface area contributed by atoms with Crippen LogP contribution in [-0.2, 0) is 0 Å². The van der Waals surface area contributed by atoms with Crippen LogP contribution in [0.4, 0.5) is 17.1 Å². The molecule has 0 aliphatic carbocycles. The average Bonchev–Trinajstić information content (AvgIpc) is 3.78. The molecular formula is C50H32N2O. The van der Waals surface area contributed by atoms with Gasteiger partial charge in [0.25, 0.3) is 0 Å². The first-order valence-electron chi connectivity index (χ1n) is 18.1. The van der Waals surface area contributed by atoms with E-state index in [0.717, 1.165) is 44.7 Å². The summed E-state index contributed by atoms with van der Waals surface area (Å²) < 4.78 is 8.78. The van der Waals surface area contributed by atoms with E-state index in [1.54, 1.807) is 0 Å². The highest BCUT2D eigenvalue weighted by Gasteiger charge is 2.20. The fourth-order valence-electron chi connectivity index (χ4n) is 8.32. The number of benzene rings is 9. The Kier molecular flexibility index (Phi) is 6.55. The summed E-state index contributed by atoms with van der Waals surface area (Å²) in [6.45, 7) is 0. The molecule has 0 bridgehead atoms. The van der Waals surface area contributed by atoms with Gasteiger partial charge in [-0.15, -0.1) is 0 Å². The van der Waals surface area contributed by atoms with Crippen LogP contribution in [-0.4, -0.2) is 4.57 Å². The third kappa shape index (κ3) is 4.68. The zero-order valence-corrected chi connectivity index (χ0v) is 28.8. The van der Waals surface area contributed by atoms with Gasteiger partial charge in [0.05, 0.1) is 22.1 Å². The van der Waals surface area contributed by atoms with Crippen LogP contribution in [0.25, 0.3) is 82.1 Å². The fourth-order valence-corrected chi connectivity index (χ4v) is 8.32. The standard InChI is InChI=1S/C50H32N2O/c1-2-11-33(12-3-1)34-21-26-38(27-22-34)51(45-18-10-20-48-50(45)43-16-7-9-19-47(43)53-48)39-28-23-37-32-40(29-24-36(37)31-39)52-44-17-8-6-15-42(44)49-41-14-5-4-13-35(41)25-30-46(49)52/h1-32H. The van der Waals surface area contributed by atoms with Gasteiger partial charge in [-0.05, 0) is 99.4 Å². The van der Waals surface area contributed by atoms with E-state index in [-0.39, 0.29) is 0 Å². The molecule has 3 nitrogen and oxygen atoms in total. The number of nitrogens with zero attached hydrogens (tertiary/aromatic N) is 2. The smallest absolute Gasteiger partial charge is 0.137 e. The SMILES string of the molecule is c1ccc(-c2ccc(N(c3ccc4cc(-n5c6ccccc6c6c7ccccc7ccc65)ccc4c3)c3cccc4oc5ccccc5c34)cc2)cc1. The highest BCUT2D eigenvalue weighted by atomic mass is 16.3. The molecule has 11 aromatic rings. The van der Waals surface area contributed by atoms with Gasteiger partial charge in [-0.1, -0.05) is 127 Å². The summed E-state index contributed by atoms with van der Waals surface area (Å²) in [5, 5.41) is 9.67. The van der Waals surface area contributed by atoms with Crippen molar-refractivity contribution in [2.24, 2.45) is 0 Å². The maximum Gasteiger partial charge on any atom is 0.137 e. The topological polar surface area (TPSA) is 21.3 Å². The number of fused-ring (bicyclic) bond motifs is 9. The van der Waals surface area contributed by atoms with Crippen LogP contribution in [0, 0.1) is 0 Å². The Balaban J connectivity index is 1.09. The van der Waals surface area contributed by atoms with Gasteiger partial charge in [-0.2, -0.15) is 0 Å². The Morgan fingerprint density at radius 3 is 1.92 bits per heavy atom. The molecule has 0 atom stereocenters. The van der Waals surface area contributed by atoms with E-state index in [1.165, 1.54) is 54.5 Å². The second-order valence-electron chi connectivity index (χ2n) is 13.7. The first kappa shape index (κ1) is 29.6. The summed E-state index contributed by atoms with van der Waals surface area (Å²) in [5.41, 5.74) is 11.0. The van der Waals surface area contributed by atoms with Crippen molar-refractivity contribution >= 4 is 82.4 Å². The summed E-state index contributed by atoms with van der Waals surface area (Å²) in [4.78, 5) is 2.37. The van der Waals surface area contributed by atoms with Crippen molar-refractivity contribution in [3.05, 3.63) is 194 Å². The Hall–Kier alpha value is -7.10. The number of furan rings is 1. The van der Waals surface area contributed by atoms with Crippen molar-refractivity contribution < 1.29 is 4.42 Å². The highest BCUT2D eigenvalue weighted by Crippen LogP contribution is 2.44. The summed E-state index contributed by atoms with van der Waals surface area (Å²) in [6.07, 6.45) is 0. The van der Waals surface area contributed by atoms with E-state index in [9.17, 15) is 0 Å². The molecule has 248 valence electrons. The molecule has 0 amide bonds. The summed E-state index contributed by atoms with van der Waals surface area (Å²) >= 11 is 0. The van der Waals surface area contributed by atoms with E-state index >= 15 is 0 Å². The number of hydrogen-bond donors (Lipinski definition) is 0. The first-order valence-corrected chi connectivity index (χ1v) is 18.1. The maximum absolute atomic E-state index is 6.37. The minimum absolute atomic E-state index is 0.874. The third-order valence-corrected chi connectivity index (χ3v) is 10.7. The molecular weight excluding hydrogens is 645 g/mol. The van der Waals surface area contributed by atoms with E-state index in [0.29, 0.717) is 0 Å². The summed E-state index contributed by atoms with van der Waals surface area (Å²) in [6, 6.07) is 69.7. The number of anilines is 3. The van der Waals surface area contributed by atoms with Gasteiger partial charge in [0.2, 0.25) is 0 Å². The van der Waals surface area contributed by atoms with E-state index in [4.69, 9.17) is 4.42 Å². The zero-order valence-electron chi connectivity index (χ0n) is 28.8. The van der Waals surface area contributed by atoms with Crippen molar-refractivity contribution in [3.63, 3.8) is 0 Å². The van der Waals surface area contributed by atoms with Crippen molar-refractivity contribution in [2.45, 2.75) is 0 Å². The Morgan fingerprint density at radius 2 is 1.04 bits per heavy atom. The number of aromatic nitrogens is 1. The molecule has 2 heterocycles. The number of para-hydroxylation sites is 2. The normalized spacial score (nSPS) is 11.8. The van der Waals surface area contributed by atoms with Crippen LogP contribution in [0.15, 0.2) is 199 Å². The number of rotatable bonds is 5. The van der Waals surface area contributed by atoms with Gasteiger partial charge in [-0.3, -0.25) is 0 Å². The monoisotopic (exact) mass is 676 g/mol. The van der Waals surface area contributed by atoms with Crippen LogP contribution in [0.3, 0.4) is 0 Å². The third-order valence-electron chi connectivity index (χ3n) is 10.7. The van der Waals surface area contributed by atoms with E-state index in [2.05, 4.69) is 191 Å². The van der Waals surface area contributed by atoms with E-state index in [1.807, 2.05) is 12.1 Å². The van der Waals surface area contributed by atoms with Gasteiger partial charge in [0.15, 0.2) is 0 Å². The molecule has 11 rings (SSSR count). The molecule has 0 aliphatic rings. The average molecular weight is 677 g/mol. The second kappa shape index (κ2) is 11.7. The summed E-state index contributed by atoms with van der Waals surface area (Å²) in [7, 11) is 0. The minimum atomic E-state index is 0.874. The molecule has 3 heteroatoms. The van der Waals surface area contributed by atoms with Gasteiger partial charge < -0.3 is 13.9 Å². The Morgan fingerprint density at radius 1 is 0.377 bits per heavy atom. The molecule has 0 spiro atoms. The lowest BCUT2D eigenvalue weighted by atomic mass is 10.0. The van der Waals surface area contributed by atoms with Crippen molar-refractivity contribution in [2.75, 3.05) is 4.90 Å². The quantitative estimate of drug-likeness (QED) is 0.181. The van der Waals surface area contributed by atoms with E-state index < -0.39 is 0 Å². The Labute approximate surface area is 306 Å². The molecule has 0 fully saturated rings. The largest absolute Gasteiger partial charge is 0.456 e. The van der Waals surface area contributed by atoms with Crippen LogP contribution in [0.2, 0.25) is 0 Å². The lowest BCUT2D eigenvalue weighted by Crippen LogP contribution is -2.10. The minimum Gasteiger partial charge on any atom is -0.456 e. The van der Waals surface area contributed by atoms with Gasteiger partial charge in [0.1, 0.15) is 11.2 Å². The predicted molar refractivity (Wildman–Crippen MR) is 223 cm³/mol. The molecule has 0 saturated heterocycles. The first-order chi connectivity index (χ1) is 26.3. The van der Waals surface area contributed by atoms with Gasteiger partial charge >= 0.3 is 0 Å². The lowest BCUT2D eigenvalue weighted by molar-refractivity contribution is 0.669. The van der Waals surface area contributed by atoms with Crippen molar-refractivity contribution in [3.8, 4) is 16.8 Å². The molecule has 0 radical (unpaired) electrons. The zero-order chi connectivity index (χ0) is 34.9. The van der Waals surface area contributed by atoms with Crippen LogP contribution in [0.5, 0.6) is 0 Å². The fraction of sp³-hybridized carbons (Fsp3) is 0. The molecule has 9 aromatic carbocycles. The summed E-state index contributed by atoms with van der Waals surface area (Å²) in [5.74, 6) is 0. The molecule has 0 N–H and O–H groups in total. The van der Waals surface area contributed by atoms with Gasteiger partial charge in [0, 0.05) is 33.2 Å². The Bertz CT molecular complexity index is 3170. The lowest BCUT2D eigenvalue weighted by Gasteiger charge is -2.27. The van der Waals surface area contributed by atoms with Crippen molar-refractivity contribution in [1.82, 2.24) is 4.57 Å². The predicted octanol–water partition coefficient (Wildman–Crippen LogP) is 14.1. The molecule has 0 aliphatic heterocycles. The highest BCUT2D eigenvalue weighted by molar-refractivity contribution is 6.21. The maximum atomic E-state index is 6.37. The van der Waals surface area contributed by atoms with Crippen LogP contribution >= 0.6 is 0 Å². The van der Waals surface area contributed by atoms with Crippen LogP contribution in [0.1, 0.15) is 0 Å². The number of hydrogen-bond acceptors (Lipinski definition) is 2. The van der Waals surface area contributed by atoms with Crippen LogP contribution < -0.4 is 4.90 Å². The van der Waals surface area contributed by atoms with Crippen molar-refractivity contribution in [1.29, 1.82) is 0 Å². The second-order valence-corrected chi connectivity index (χ2v) is 13.7. The molecule has 2 aromatic heterocycles.